The van der Waals surface area contributed by atoms with Crippen molar-refractivity contribution < 1.29 is 9.21 Å². The van der Waals surface area contributed by atoms with E-state index in [4.69, 9.17) is 4.42 Å². The average molecular weight is 272 g/mol. The van der Waals surface area contributed by atoms with Gasteiger partial charge >= 0.3 is 0 Å². The van der Waals surface area contributed by atoms with E-state index in [0.717, 1.165) is 22.7 Å². The van der Waals surface area contributed by atoms with Gasteiger partial charge in [-0.2, -0.15) is 0 Å². The third-order valence-electron chi connectivity index (χ3n) is 3.10. The lowest BCUT2D eigenvalue weighted by Crippen LogP contribution is -2.17. The third-order valence-corrected chi connectivity index (χ3v) is 3.10. The summed E-state index contributed by atoms with van der Waals surface area (Å²) in [7, 11) is 0. The van der Waals surface area contributed by atoms with E-state index in [9.17, 15) is 4.79 Å². The Kier molecular flexibility index (Phi) is 4.45. The molecule has 2 N–H and O–H groups in total. The molecule has 1 aromatic heterocycles. The van der Waals surface area contributed by atoms with Crippen LogP contribution in [0.3, 0.4) is 0 Å². The smallest absolute Gasteiger partial charge is 0.226 e. The minimum Gasteiger partial charge on any atom is -0.467 e. The van der Waals surface area contributed by atoms with Crippen LogP contribution in [0.15, 0.2) is 41.0 Å². The zero-order valence-corrected chi connectivity index (χ0v) is 12.1. The van der Waals surface area contributed by atoms with Gasteiger partial charge < -0.3 is 15.1 Å². The molecule has 1 aromatic carbocycles. The van der Waals surface area contributed by atoms with Crippen molar-refractivity contribution >= 4 is 17.3 Å². The molecule has 0 spiro atoms. The number of amides is 1. The predicted octanol–water partition coefficient (Wildman–Crippen LogP) is 3.79. The van der Waals surface area contributed by atoms with Gasteiger partial charge in [0.05, 0.1) is 12.8 Å². The number of hydrogen-bond donors (Lipinski definition) is 2. The average Bonchev–Trinajstić information content (AvgIpc) is 2.83. The van der Waals surface area contributed by atoms with Crippen molar-refractivity contribution in [3.8, 4) is 0 Å². The highest BCUT2D eigenvalue weighted by atomic mass is 16.3. The summed E-state index contributed by atoms with van der Waals surface area (Å²) < 4.78 is 5.37. The summed E-state index contributed by atoms with van der Waals surface area (Å²) in [5, 5.41) is 6.15. The molecule has 0 aliphatic heterocycles. The molecule has 1 heterocycles. The fourth-order valence-corrected chi connectivity index (χ4v) is 1.73. The highest BCUT2D eigenvalue weighted by Gasteiger charge is 2.07. The van der Waals surface area contributed by atoms with Crippen LogP contribution < -0.4 is 10.6 Å². The number of furan rings is 1. The lowest BCUT2D eigenvalue weighted by Gasteiger charge is -2.09. The van der Waals surface area contributed by atoms with E-state index in [1.165, 1.54) is 0 Å². The first kappa shape index (κ1) is 14.2. The SMILES string of the molecule is Cc1ccoc1CNc1ccc(NC(=O)C(C)C)cc1. The number of hydrogen-bond acceptors (Lipinski definition) is 3. The maximum atomic E-state index is 11.6. The molecule has 0 saturated heterocycles. The van der Waals surface area contributed by atoms with Crippen LogP contribution in [0.2, 0.25) is 0 Å². The van der Waals surface area contributed by atoms with Gasteiger partial charge in [0.25, 0.3) is 0 Å². The Morgan fingerprint density at radius 1 is 1.15 bits per heavy atom. The fraction of sp³-hybridized carbons (Fsp3) is 0.312. The molecule has 2 rings (SSSR count). The first-order chi connectivity index (χ1) is 9.56. The number of carbonyl (C=O) groups is 1. The van der Waals surface area contributed by atoms with Gasteiger partial charge in [0.15, 0.2) is 0 Å². The summed E-state index contributed by atoms with van der Waals surface area (Å²) in [6.07, 6.45) is 1.69. The van der Waals surface area contributed by atoms with Crippen molar-refractivity contribution in [2.45, 2.75) is 27.3 Å². The van der Waals surface area contributed by atoms with E-state index in [1.807, 2.05) is 51.1 Å². The van der Waals surface area contributed by atoms with Crippen LogP contribution in [-0.4, -0.2) is 5.91 Å². The minimum atomic E-state index is -0.0188. The zero-order valence-electron chi connectivity index (χ0n) is 12.1. The Morgan fingerprint density at radius 3 is 2.35 bits per heavy atom. The zero-order chi connectivity index (χ0) is 14.5. The van der Waals surface area contributed by atoms with Gasteiger partial charge in [-0.3, -0.25) is 4.79 Å². The van der Waals surface area contributed by atoms with Crippen LogP contribution in [0, 0.1) is 12.8 Å². The van der Waals surface area contributed by atoms with Gasteiger partial charge in [0, 0.05) is 17.3 Å². The van der Waals surface area contributed by atoms with E-state index >= 15 is 0 Å². The molecule has 106 valence electrons. The molecule has 4 nitrogen and oxygen atoms in total. The van der Waals surface area contributed by atoms with Crippen molar-refractivity contribution in [2.24, 2.45) is 5.92 Å². The van der Waals surface area contributed by atoms with Crippen LogP contribution in [0.4, 0.5) is 11.4 Å². The number of anilines is 2. The minimum absolute atomic E-state index is 0.0188. The molecule has 0 radical (unpaired) electrons. The predicted molar refractivity (Wildman–Crippen MR) is 80.7 cm³/mol. The molecule has 20 heavy (non-hydrogen) atoms. The molecule has 0 saturated carbocycles. The topological polar surface area (TPSA) is 54.3 Å². The molecule has 0 unspecified atom stereocenters. The molecule has 0 bridgehead atoms. The Hall–Kier alpha value is -2.23. The van der Waals surface area contributed by atoms with E-state index in [-0.39, 0.29) is 11.8 Å². The van der Waals surface area contributed by atoms with Crippen molar-refractivity contribution in [1.82, 2.24) is 0 Å². The molecule has 4 heteroatoms. The Labute approximate surface area is 119 Å². The summed E-state index contributed by atoms with van der Waals surface area (Å²) in [5.41, 5.74) is 2.94. The van der Waals surface area contributed by atoms with Crippen molar-refractivity contribution in [2.75, 3.05) is 10.6 Å². The van der Waals surface area contributed by atoms with Gasteiger partial charge in [-0.05, 0) is 42.8 Å². The molecule has 1 amide bonds. The quantitative estimate of drug-likeness (QED) is 0.870. The van der Waals surface area contributed by atoms with Crippen molar-refractivity contribution in [3.63, 3.8) is 0 Å². The number of rotatable bonds is 5. The fourth-order valence-electron chi connectivity index (χ4n) is 1.73. The number of carbonyl (C=O) groups excluding carboxylic acids is 1. The standard InChI is InChI=1S/C16H20N2O2/c1-11(2)16(19)18-14-6-4-13(5-7-14)17-10-15-12(3)8-9-20-15/h4-9,11,17H,10H2,1-3H3,(H,18,19). The number of benzene rings is 1. The largest absolute Gasteiger partial charge is 0.467 e. The lowest BCUT2D eigenvalue weighted by molar-refractivity contribution is -0.118. The van der Waals surface area contributed by atoms with Gasteiger partial charge in [-0.15, -0.1) is 0 Å². The molecule has 0 aliphatic rings. The monoisotopic (exact) mass is 272 g/mol. The van der Waals surface area contributed by atoms with Gasteiger partial charge in [-0.1, -0.05) is 13.8 Å². The summed E-state index contributed by atoms with van der Waals surface area (Å²) in [6.45, 7) is 6.41. The van der Waals surface area contributed by atoms with Crippen LogP contribution in [0.1, 0.15) is 25.2 Å². The van der Waals surface area contributed by atoms with Crippen LogP contribution in [0.25, 0.3) is 0 Å². The molecular formula is C16H20N2O2. The Morgan fingerprint density at radius 2 is 1.80 bits per heavy atom. The van der Waals surface area contributed by atoms with Crippen LogP contribution in [0.5, 0.6) is 0 Å². The van der Waals surface area contributed by atoms with E-state index in [2.05, 4.69) is 10.6 Å². The normalized spacial score (nSPS) is 10.6. The first-order valence-electron chi connectivity index (χ1n) is 6.74. The van der Waals surface area contributed by atoms with Gasteiger partial charge in [0.2, 0.25) is 5.91 Å². The van der Waals surface area contributed by atoms with Crippen molar-refractivity contribution in [3.05, 3.63) is 47.9 Å². The number of nitrogens with one attached hydrogen (secondary N) is 2. The lowest BCUT2D eigenvalue weighted by atomic mass is 10.2. The first-order valence-corrected chi connectivity index (χ1v) is 6.74. The maximum Gasteiger partial charge on any atom is 0.226 e. The van der Waals surface area contributed by atoms with Crippen LogP contribution >= 0.6 is 0 Å². The summed E-state index contributed by atoms with van der Waals surface area (Å²) in [4.78, 5) is 11.6. The Bertz CT molecular complexity index is 570. The Balaban J connectivity index is 1.91. The molecule has 0 fully saturated rings. The van der Waals surface area contributed by atoms with Crippen molar-refractivity contribution in [1.29, 1.82) is 0 Å². The van der Waals surface area contributed by atoms with Crippen LogP contribution in [-0.2, 0) is 11.3 Å². The molecular weight excluding hydrogens is 252 g/mol. The van der Waals surface area contributed by atoms with Gasteiger partial charge in [-0.25, -0.2) is 0 Å². The van der Waals surface area contributed by atoms with E-state index in [1.54, 1.807) is 6.26 Å². The highest BCUT2D eigenvalue weighted by molar-refractivity contribution is 5.92. The third kappa shape index (κ3) is 3.63. The summed E-state index contributed by atoms with van der Waals surface area (Å²) in [6, 6.07) is 9.60. The summed E-state index contributed by atoms with van der Waals surface area (Å²) in [5.74, 6) is 0.939. The number of aryl methyl sites for hydroxylation is 1. The molecule has 0 atom stereocenters. The second-order valence-electron chi connectivity index (χ2n) is 5.10. The molecule has 2 aromatic rings. The highest BCUT2D eigenvalue weighted by Crippen LogP contribution is 2.16. The maximum absolute atomic E-state index is 11.6. The van der Waals surface area contributed by atoms with E-state index < -0.39 is 0 Å². The van der Waals surface area contributed by atoms with Gasteiger partial charge in [0.1, 0.15) is 5.76 Å². The second-order valence-corrected chi connectivity index (χ2v) is 5.10. The second kappa shape index (κ2) is 6.28. The summed E-state index contributed by atoms with van der Waals surface area (Å²) >= 11 is 0. The van der Waals surface area contributed by atoms with E-state index in [0.29, 0.717) is 6.54 Å². The molecule has 0 aliphatic carbocycles.